The van der Waals surface area contributed by atoms with E-state index in [1.165, 1.54) is 10.9 Å². The monoisotopic (exact) mass is 475 g/mol. The first-order valence-electron chi connectivity index (χ1n) is 11.6. The van der Waals surface area contributed by atoms with Crippen molar-refractivity contribution in [1.29, 1.82) is 0 Å². The molecule has 0 radical (unpaired) electrons. The molecule has 0 spiro atoms. The van der Waals surface area contributed by atoms with Crippen LogP contribution in [0.25, 0.3) is 38.9 Å². The van der Waals surface area contributed by atoms with Gasteiger partial charge in [0, 0.05) is 0 Å². The van der Waals surface area contributed by atoms with E-state index < -0.39 is 5.97 Å². The Morgan fingerprint density at radius 3 is 2.28 bits per heavy atom. The van der Waals surface area contributed by atoms with E-state index in [-0.39, 0.29) is 5.56 Å². The van der Waals surface area contributed by atoms with E-state index in [4.69, 9.17) is 14.7 Å². The van der Waals surface area contributed by atoms with E-state index in [0.717, 1.165) is 11.1 Å². The molecule has 0 bridgehead atoms. The van der Waals surface area contributed by atoms with Crippen LogP contribution in [-0.2, 0) is 11.3 Å². The summed E-state index contributed by atoms with van der Waals surface area (Å²) in [7, 11) is 0. The van der Waals surface area contributed by atoms with Gasteiger partial charge in [0.05, 0.1) is 35.4 Å². The quantitative estimate of drug-likeness (QED) is 0.341. The van der Waals surface area contributed by atoms with Crippen molar-refractivity contribution >= 4 is 39.2 Å². The molecule has 6 aromatic rings. The van der Waals surface area contributed by atoms with Crippen LogP contribution in [0.3, 0.4) is 0 Å². The smallest absolute Gasteiger partial charge is 0.338 e. The molecule has 3 heterocycles. The highest BCUT2D eigenvalue weighted by atomic mass is 16.5. The highest BCUT2D eigenvalue weighted by Crippen LogP contribution is 2.26. The van der Waals surface area contributed by atoms with Crippen molar-refractivity contribution in [2.24, 2.45) is 0 Å². The van der Waals surface area contributed by atoms with E-state index >= 15 is 0 Å². The molecule has 0 aliphatic heterocycles. The molecule has 0 amide bonds. The summed E-state index contributed by atoms with van der Waals surface area (Å²) in [5, 5.41) is 0.399. The van der Waals surface area contributed by atoms with Crippen LogP contribution in [0.4, 0.5) is 0 Å². The minimum atomic E-state index is -0.406. The molecular formula is C28H21N5O3. The van der Waals surface area contributed by atoms with Crippen molar-refractivity contribution in [2.45, 2.75) is 13.5 Å². The number of nitrogens with zero attached hydrogens (tertiary/aromatic N) is 5. The van der Waals surface area contributed by atoms with Crippen LogP contribution in [0.1, 0.15) is 22.8 Å². The Labute approximate surface area is 205 Å². The zero-order chi connectivity index (χ0) is 24.6. The molecule has 3 aromatic carbocycles. The second-order valence-electron chi connectivity index (χ2n) is 8.34. The summed E-state index contributed by atoms with van der Waals surface area (Å²) in [6.07, 6.45) is 1.50. The molecule has 8 nitrogen and oxygen atoms in total. The minimum absolute atomic E-state index is 0.259. The van der Waals surface area contributed by atoms with E-state index in [9.17, 15) is 9.59 Å². The molecule has 0 saturated carbocycles. The Morgan fingerprint density at radius 1 is 0.861 bits per heavy atom. The fourth-order valence-corrected chi connectivity index (χ4v) is 4.38. The van der Waals surface area contributed by atoms with Crippen LogP contribution < -0.4 is 5.56 Å². The lowest BCUT2D eigenvalue weighted by molar-refractivity contribution is 0.0526. The molecule has 6 rings (SSSR count). The Hall–Kier alpha value is -4.85. The van der Waals surface area contributed by atoms with Gasteiger partial charge in [-0.3, -0.25) is 9.36 Å². The maximum absolute atomic E-state index is 13.8. The van der Waals surface area contributed by atoms with Gasteiger partial charge in [-0.15, -0.1) is 0 Å². The third kappa shape index (κ3) is 3.60. The number of hydrogen-bond acceptors (Lipinski definition) is 6. The lowest BCUT2D eigenvalue weighted by atomic mass is 10.2. The molecule has 3 aromatic heterocycles. The Morgan fingerprint density at radius 2 is 1.56 bits per heavy atom. The number of esters is 1. The van der Waals surface area contributed by atoms with Crippen LogP contribution in [0, 0.1) is 0 Å². The Kier molecular flexibility index (Phi) is 5.26. The van der Waals surface area contributed by atoms with E-state index in [1.54, 1.807) is 31.2 Å². The van der Waals surface area contributed by atoms with Gasteiger partial charge in [0.25, 0.3) is 5.56 Å². The summed E-state index contributed by atoms with van der Waals surface area (Å²) in [5.74, 6) is -0.406. The van der Waals surface area contributed by atoms with Gasteiger partial charge in [0.1, 0.15) is 17.2 Å². The maximum Gasteiger partial charge on any atom is 0.338 e. The lowest BCUT2D eigenvalue weighted by Crippen LogP contribution is -2.19. The third-order valence-corrected chi connectivity index (χ3v) is 6.09. The van der Waals surface area contributed by atoms with Crippen molar-refractivity contribution in [3.05, 3.63) is 107 Å². The first-order chi connectivity index (χ1) is 17.6. The van der Waals surface area contributed by atoms with Crippen molar-refractivity contribution in [1.82, 2.24) is 24.1 Å². The average Bonchev–Trinajstić information content (AvgIpc) is 3.21. The van der Waals surface area contributed by atoms with Gasteiger partial charge in [0.2, 0.25) is 0 Å². The fraction of sp³-hybridized carbons (Fsp3) is 0.107. The number of aromatic nitrogens is 5. The van der Waals surface area contributed by atoms with E-state index in [2.05, 4.69) is 4.98 Å². The first kappa shape index (κ1) is 21.7. The molecule has 0 atom stereocenters. The highest BCUT2D eigenvalue weighted by molar-refractivity contribution is 6.04. The second kappa shape index (κ2) is 8.74. The van der Waals surface area contributed by atoms with Crippen LogP contribution in [-0.4, -0.2) is 36.7 Å². The number of benzene rings is 3. The van der Waals surface area contributed by atoms with Crippen LogP contribution in [0.15, 0.2) is 90.0 Å². The standard InChI is InChI=1S/C28H21N5O3/c1-2-36-28(35)19-12-14-20(15-13-19)33-17-29-25-23(27(33)34)24-26(31-22-11-7-6-10-21(22)30-24)32(25)16-18-8-4-3-5-9-18/h3-15,17H,2,16H2,1H3. The zero-order valence-electron chi connectivity index (χ0n) is 19.5. The lowest BCUT2D eigenvalue weighted by Gasteiger charge is -2.08. The predicted molar refractivity (Wildman–Crippen MR) is 137 cm³/mol. The van der Waals surface area contributed by atoms with Gasteiger partial charge in [-0.05, 0) is 48.9 Å². The third-order valence-electron chi connectivity index (χ3n) is 6.09. The van der Waals surface area contributed by atoms with E-state index in [1.807, 2.05) is 59.2 Å². The molecule has 0 unspecified atom stereocenters. The minimum Gasteiger partial charge on any atom is -0.462 e. The van der Waals surface area contributed by atoms with E-state index in [0.29, 0.717) is 52.1 Å². The van der Waals surface area contributed by atoms with Gasteiger partial charge in [-0.25, -0.2) is 19.7 Å². The highest BCUT2D eigenvalue weighted by Gasteiger charge is 2.20. The molecule has 0 fully saturated rings. The summed E-state index contributed by atoms with van der Waals surface area (Å²) in [5.41, 5.74) is 4.89. The van der Waals surface area contributed by atoms with Gasteiger partial charge < -0.3 is 9.30 Å². The molecule has 0 aliphatic rings. The Balaban J connectivity index is 1.57. The van der Waals surface area contributed by atoms with Crippen LogP contribution in [0.2, 0.25) is 0 Å². The predicted octanol–water partition coefficient (Wildman–Crippen LogP) is 4.51. The number of fused-ring (bicyclic) bond motifs is 4. The summed E-state index contributed by atoms with van der Waals surface area (Å²) in [6.45, 7) is 2.55. The van der Waals surface area contributed by atoms with Gasteiger partial charge in [0.15, 0.2) is 11.3 Å². The number of para-hydroxylation sites is 2. The molecule has 0 N–H and O–H groups in total. The van der Waals surface area contributed by atoms with Crippen molar-refractivity contribution < 1.29 is 9.53 Å². The summed E-state index contributed by atoms with van der Waals surface area (Å²) >= 11 is 0. The Bertz CT molecular complexity index is 1810. The molecule has 8 heteroatoms. The number of carbonyl (C=O) groups excluding carboxylic acids is 1. The van der Waals surface area contributed by atoms with Crippen molar-refractivity contribution in [3.8, 4) is 5.69 Å². The molecular weight excluding hydrogens is 454 g/mol. The summed E-state index contributed by atoms with van der Waals surface area (Å²) in [4.78, 5) is 40.2. The summed E-state index contributed by atoms with van der Waals surface area (Å²) in [6, 6.07) is 24.2. The number of ether oxygens (including phenoxy) is 1. The zero-order valence-corrected chi connectivity index (χ0v) is 19.5. The van der Waals surface area contributed by atoms with Crippen LogP contribution >= 0.6 is 0 Å². The number of rotatable bonds is 5. The van der Waals surface area contributed by atoms with Gasteiger partial charge in [-0.1, -0.05) is 42.5 Å². The van der Waals surface area contributed by atoms with Gasteiger partial charge in [-0.2, -0.15) is 0 Å². The first-order valence-corrected chi connectivity index (χ1v) is 11.6. The summed E-state index contributed by atoms with van der Waals surface area (Å²) < 4.78 is 8.45. The SMILES string of the molecule is CCOC(=O)c1ccc(-n2cnc3c(c2=O)c2nc4ccccc4nc2n3Cc2ccccc2)cc1. The second-order valence-corrected chi connectivity index (χ2v) is 8.34. The molecule has 0 aliphatic carbocycles. The molecule has 36 heavy (non-hydrogen) atoms. The average molecular weight is 476 g/mol. The van der Waals surface area contributed by atoms with Crippen LogP contribution in [0.5, 0.6) is 0 Å². The molecule has 0 saturated heterocycles. The fourth-order valence-electron chi connectivity index (χ4n) is 4.38. The van der Waals surface area contributed by atoms with Gasteiger partial charge >= 0.3 is 5.97 Å². The number of hydrogen-bond donors (Lipinski definition) is 0. The largest absolute Gasteiger partial charge is 0.462 e. The normalized spacial score (nSPS) is 11.4. The topological polar surface area (TPSA) is 91.9 Å². The van der Waals surface area contributed by atoms with Crippen molar-refractivity contribution in [2.75, 3.05) is 6.61 Å². The van der Waals surface area contributed by atoms with Crippen molar-refractivity contribution in [3.63, 3.8) is 0 Å². The maximum atomic E-state index is 13.8. The number of carbonyl (C=O) groups is 1. The molecule has 176 valence electrons.